The van der Waals surface area contributed by atoms with E-state index in [4.69, 9.17) is 9.47 Å². The molecular weight excluding hydrogens is 322 g/mol. The van der Waals surface area contributed by atoms with Crippen molar-refractivity contribution >= 4 is 35.0 Å². The highest BCUT2D eigenvalue weighted by atomic mass is 32.2. The Labute approximate surface area is 136 Å². The minimum absolute atomic E-state index is 0.162. The molecule has 0 saturated carbocycles. The number of carboxylic acid groups (broad SMARTS) is 1. The van der Waals surface area contributed by atoms with Gasteiger partial charge in [0.25, 0.3) is 11.1 Å². The maximum atomic E-state index is 12.0. The first kappa shape index (κ1) is 16.9. The molecule has 1 heterocycles. The van der Waals surface area contributed by atoms with E-state index in [1.54, 1.807) is 18.2 Å². The second kappa shape index (κ2) is 6.74. The number of para-hydroxylation sites is 1. The minimum atomic E-state index is -1.38. The van der Waals surface area contributed by atoms with Crippen molar-refractivity contribution in [2.45, 2.75) is 13.0 Å². The zero-order valence-corrected chi connectivity index (χ0v) is 13.5. The van der Waals surface area contributed by atoms with E-state index in [1.807, 2.05) is 0 Å². The molecule has 122 valence electrons. The maximum absolute atomic E-state index is 12.0. The van der Waals surface area contributed by atoms with Crippen LogP contribution < -0.4 is 14.6 Å². The predicted octanol–water partition coefficient (Wildman–Crippen LogP) is 0.878. The summed E-state index contributed by atoms with van der Waals surface area (Å²) in [6, 6.07) is 4.89. The lowest BCUT2D eigenvalue weighted by Gasteiger charge is -2.19. The standard InChI is InChI=1S/C15H15NO6S/c1-8(14(18)19)22-12-9(5-4-6-10(12)21-3)7-11-13(17)16(2)15(20)23-11/h4-8H,1-3H3,(H,18,19)/p-1/b11-7+/t8-/m0/s1. The molecule has 8 heteroatoms. The van der Waals surface area contributed by atoms with Crippen LogP contribution in [0.1, 0.15) is 12.5 Å². The van der Waals surface area contributed by atoms with Crippen molar-refractivity contribution in [1.82, 2.24) is 4.90 Å². The van der Waals surface area contributed by atoms with Crippen molar-refractivity contribution < 1.29 is 29.0 Å². The Morgan fingerprint density at radius 2 is 2.09 bits per heavy atom. The number of carbonyl (C=O) groups is 3. The van der Waals surface area contributed by atoms with E-state index in [-0.39, 0.29) is 15.9 Å². The largest absolute Gasteiger partial charge is 0.546 e. The van der Waals surface area contributed by atoms with Gasteiger partial charge in [-0.3, -0.25) is 14.5 Å². The van der Waals surface area contributed by atoms with Crippen LogP contribution in [0.4, 0.5) is 4.79 Å². The van der Waals surface area contributed by atoms with Crippen LogP contribution >= 0.6 is 11.8 Å². The summed E-state index contributed by atoms with van der Waals surface area (Å²) >= 11 is 0.797. The molecule has 1 atom stereocenters. The Bertz CT molecular complexity index is 699. The van der Waals surface area contributed by atoms with E-state index in [0.717, 1.165) is 16.7 Å². The number of carbonyl (C=O) groups excluding carboxylic acids is 3. The summed E-state index contributed by atoms with van der Waals surface area (Å²) in [7, 11) is 2.80. The van der Waals surface area contributed by atoms with Crippen molar-refractivity contribution in [2.75, 3.05) is 14.2 Å². The number of nitrogens with zero attached hydrogens (tertiary/aromatic N) is 1. The van der Waals surface area contributed by atoms with Crippen LogP contribution in [0, 0.1) is 0 Å². The second-order valence-corrected chi connectivity index (χ2v) is 5.69. The molecule has 7 nitrogen and oxygen atoms in total. The van der Waals surface area contributed by atoms with Gasteiger partial charge in [0.15, 0.2) is 11.5 Å². The van der Waals surface area contributed by atoms with E-state index in [2.05, 4.69) is 0 Å². The fourth-order valence-corrected chi connectivity index (χ4v) is 2.66. The molecule has 0 unspecified atom stereocenters. The van der Waals surface area contributed by atoms with Gasteiger partial charge in [0.05, 0.1) is 18.0 Å². The summed E-state index contributed by atoms with van der Waals surface area (Å²) in [5.74, 6) is -1.34. The second-order valence-electron chi connectivity index (χ2n) is 4.70. The van der Waals surface area contributed by atoms with Crippen molar-refractivity contribution in [1.29, 1.82) is 0 Å². The maximum Gasteiger partial charge on any atom is 0.293 e. The Kier molecular flexibility index (Phi) is 4.95. The number of aliphatic carboxylic acids is 1. The zero-order chi connectivity index (χ0) is 17.1. The summed E-state index contributed by atoms with van der Waals surface area (Å²) in [6.45, 7) is 1.32. The molecule has 0 radical (unpaired) electrons. The number of amides is 2. The predicted molar refractivity (Wildman–Crippen MR) is 81.8 cm³/mol. The molecule has 2 rings (SSSR count). The monoisotopic (exact) mass is 336 g/mol. The fraction of sp³-hybridized carbons (Fsp3) is 0.267. The Balaban J connectivity index is 2.44. The van der Waals surface area contributed by atoms with Gasteiger partial charge in [0.1, 0.15) is 6.10 Å². The molecule has 2 amide bonds. The first-order valence-corrected chi connectivity index (χ1v) is 7.43. The van der Waals surface area contributed by atoms with Crippen LogP contribution in [-0.4, -0.2) is 42.3 Å². The molecule has 0 spiro atoms. The molecule has 0 aromatic heterocycles. The van der Waals surface area contributed by atoms with Gasteiger partial charge in [-0.1, -0.05) is 12.1 Å². The number of thioether (sulfide) groups is 1. The van der Waals surface area contributed by atoms with E-state index >= 15 is 0 Å². The van der Waals surface area contributed by atoms with E-state index in [0.29, 0.717) is 11.3 Å². The Morgan fingerprint density at radius 3 is 2.61 bits per heavy atom. The van der Waals surface area contributed by atoms with Crippen molar-refractivity contribution in [3.8, 4) is 11.5 Å². The summed E-state index contributed by atoms with van der Waals surface area (Å²) in [6.07, 6.45) is 0.258. The first-order chi connectivity index (χ1) is 10.8. The smallest absolute Gasteiger partial charge is 0.293 e. The van der Waals surface area contributed by atoms with Gasteiger partial charge in [-0.15, -0.1) is 0 Å². The lowest BCUT2D eigenvalue weighted by Crippen LogP contribution is -2.37. The molecule has 1 saturated heterocycles. The zero-order valence-electron chi connectivity index (χ0n) is 12.7. The molecule has 1 aromatic rings. The third-order valence-corrected chi connectivity index (χ3v) is 4.09. The van der Waals surface area contributed by atoms with Crippen molar-refractivity contribution in [3.63, 3.8) is 0 Å². The average Bonchev–Trinajstić information content (AvgIpc) is 2.75. The topological polar surface area (TPSA) is 96.0 Å². The Hall–Kier alpha value is -2.48. The summed E-state index contributed by atoms with van der Waals surface area (Å²) in [5, 5.41) is 10.5. The number of ether oxygens (including phenoxy) is 2. The van der Waals surface area contributed by atoms with E-state index in [9.17, 15) is 19.5 Å². The number of benzene rings is 1. The van der Waals surface area contributed by atoms with Crippen LogP contribution in [0.2, 0.25) is 0 Å². The number of rotatable bonds is 5. The van der Waals surface area contributed by atoms with Gasteiger partial charge >= 0.3 is 0 Å². The SMILES string of the molecule is COc1cccc(/C=C2/SC(=O)N(C)C2=O)c1O[C@@H](C)C(=O)[O-]. The molecule has 0 bridgehead atoms. The number of carboxylic acids is 1. The quantitative estimate of drug-likeness (QED) is 0.736. The van der Waals surface area contributed by atoms with Gasteiger partial charge in [-0.05, 0) is 30.8 Å². The van der Waals surface area contributed by atoms with Crippen LogP contribution in [0.25, 0.3) is 6.08 Å². The van der Waals surface area contributed by atoms with Gasteiger partial charge in [0, 0.05) is 12.6 Å². The van der Waals surface area contributed by atoms with Crippen LogP contribution in [0.5, 0.6) is 11.5 Å². The Morgan fingerprint density at radius 1 is 1.39 bits per heavy atom. The number of hydrogen-bond donors (Lipinski definition) is 0. The summed E-state index contributed by atoms with van der Waals surface area (Å²) < 4.78 is 10.5. The van der Waals surface area contributed by atoms with Crippen molar-refractivity contribution in [2.24, 2.45) is 0 Å². The molecule has 23 heavy (non-hydrogen) atoms. The molecule has 1 aromatic carbocycles. The van der Waals surface area contributed by atoms with Gasteiger partial charge < -0.3 is 19.4 Å². The first-order valence-electron chi connectivity index (χ1n) is 6.61. The highest BCUT2D eigenvalue weighted by molar-refractivity contribution is 8.18. The third-order valence-electron chi connectivity index (χ3n) is 3.13. The lowest BCUT2D eigenvalue weighted by molar-refractivity contribution is -0.312. The third kappa shape index (κ3) is 3.48. The molecule has 0 N–H and O–H groups in total. The number of imide groups is 1. The summed E-state index contributed by atoms with van der Waals surface area (Å²) in [5.41, 5.74) is 0.427. The number of likely N-dealkylation sites (N-methyl/N-ethyl adjacent to an activating group) is 1. The molecule has 0 aliphatic carbocycles. The molecule has 1 aliphatic heterocycles. The van der Waals surface area contributed by atoms with E-state index in [1.165, 1.54) is 27.2 Å². The number of hydrogen-bond acceptors (Lipinski definition) is 7. The fourth-order valence-electron chi connectivity index (χ4n) is 1.85. The number of methoxy groups -OCH3 is 1. The van der Waals surface area contributed by atoms with Gasteiger partial charge in [-0.2, -0.15) is 0 Å². The normalized spacial score (nSPS) is 17.5. The van der Waals surface area contributed by atoms with Crippen molar-refractivity contribution in [3.05, 3.63) is 28.7 Å². The van der Waals surface area contributed by atoms with E-state index < -0.39 is 18.0 Å². The van der Waals surface area contributed by atoms with Gasteiger partial charge in [-0.25, -0.2) is 0 Å². The highest BCUT2D eigenvalue weighted by Crippen LogP contribution is 2.37. The van der Waals surface area contributed by atoms with Crippen LogP contribution in [-0.2, 0) is 9.59 Å². The highest BCUT2D eigenvalue weighted by Gasteiger charge is 2.32. The molecule has 1 fully saturated rings. The van der Waals surface area contributed by atoms with Crippen LogP contribution in [0.15, 0.2) is 23.1 Å². The lowest BCUT2D eigenvalue weighted by atomic mass is 10.1. The summed E-state index contributed by atoms with van der Waals surface area (Å²) in [4.78, 5) is 35.6. The minimum Gasteiger partial charge on any atom is -0.546 e. The molecular formula is C15H14NO6S-. The molecule has 1 aliphatic rings. The average molecular weight is 336 g/mol. The van der Waals surface area contributed by atoms with Gasteiger partial charge in [0.2, 0.25) is 0 Å². The van der Waals surface area contributed by atoms with Crippen LogP contribution in [0.3, 0.4) is 0 Å².